The topological polar surface area (TPSA) is 62.6 Å². The average Bonchev–Trinajstić information content (AvgIpc) is 3.16. The molecule has 4 rings (SSSR count). The van der Waals surface area contributed by atoms with E-state index in [2.05, 4.69) is 5.10 Å². The fraction of sp³-hybridized carbons (Fsp3) is 0.360. The van der Waals surface area contributed by atoms with Crippen molar-refractivity contribution in [3.05, 3.63) is 66.1 Å². The minimum atomic E-state index is -0.930. The number of ketones is 1. The first kappa shape index (κ1) is 22.2. The van der Waals surface area contributed by atoms with Crippen molar-refractivity contribution in [2.75, 3.05) is 19.8 Å². The van der Waals surface area contributed by atoms with E-state index >= 15 is 0 Å². The van der Waals surface area contributed by atoms with Gasteiger partial charge in [-0.15, -0.1) is 0 Å². The van der Waals surface area contributed by atoms with Crippen molar-refractivity contribution >= 4 is 5.78 Å². The van der Waals surface area contributed by atoms with Gasteiger partial charge in [0, 0.05) is 11.5 Å². The van der Waals surface area contributed by atoms with Crippen molar-refractivity contribution in [1.82, 2.24) is 9.78 Å². The molecule has 3 aromatic rings. The Bertz CT molecular complexity index is 1100. The molecule has 32 heavy (non-hydrogen) atoms. The van der Waals surface area contributed by atoms with Crippen LogP contribution in [-0.2, 0) is 20.9 Å². The lowest BCUT2D eigenvalue weighted by Gasteiger charge is -2.25. The van der Waals surface area contributed by atoms with Crippen molar-refractivity contribution in [2.24, 2.45) is 5.92 Å². The Balaban J connectivity index is 1.66. The van der Waals surface area contributed by atoms with E-state index in [9.17, 15) is 9.18 Å². The van der Waals surface area contributed by atoms with Gasteiger partial charge in [0.05, 0.1) is 37.8 Å². The van der Waals surface area contributed by atoms with Crippen LogP contribution in [0.5, 0.6) is 5.75 Å². The van der Waals surface area contributed by atoms with Crippen LogP contribution in [0.3, 0.4) is 0 Å². The first-order valence-electron chi connectivity index (χ1n) is 10.6. The van der Waals surface area contributed by atoms with E-state index in [0.29, 0.717) is 29.6 Å². The van der Waals surface area contributed by atoms with E-state index in [-0.39, 0.29) is 18.2 Å². The molecular weight excluding hydrogens is 411 g/mol. The predicted molar refractivity (Wildman–Crippen MR) is 118 cm³/mol. The van der Waals surface area contributed by atoms with Crippen LogP contribution in [0.4, 0.5) is 4.39 Å². The van der Waals surface area contributed by atoms with Gasteiger partial charge >= 0.3 is 0 Å². The Labute approximate surface area is 186 Å². The van der Waals surface area contributed by atoms with E-state index in [1.807, 2.05) is 30.3 Å². The zero-order chi connectivity index (χ0) is 22.7. The monoisotopic (exact) mass is 438 g/mol. The van der Waals surface area contributed by atoms with Gasteiger partial charge in [-0.25, -0.2) is 9.07 Å². The fourth-order valence-corrected chi connectivity index (χ4v) is 3.21. The number of carbonyl (C=O) groups is 1. The molecule has 1 aliphatic heterocycles. The van der Waals surface area contributed by atoms with E-state index in [1.165, 1.54) is 13.0 Å². The number of aromatic nitrogens is 2. The summed E-state index contributed by atoms with van der Waals surface area (Å²) in [6, 6.07) is 16.0. The van der Waals surface area contributed by atoms with Crippen LogP contribution >= 0.6 is 0 Å². The van der Waals surface area contributed by atoms with E-state index in [0.717, 1.165) is 24.5 Å². The number of benzene rings is 2. The molecule has 2 heterocycles. The molecule has 1 saturated heterocycles. The van der Waals surface area contributed by atoms with Crippen LogP contribution in [-0.4, -0.2) is 41.0 Å². The Kier molecular flexibility index (Phi) is 6.39. The van der Waals surface area contributed by atoms with Gasteiger partial charge in [-0.2, -0.15) is 5.10 Å². The molecule has 0 amide bonds. The third-order valence-electron chi connectivity index (χ3n) is 5.59. The smallest absolute Gasteiger partial charge is 0.161 e. The summed E-state index contributed by atoms with van der Waals surface area (Å²) in [5.74, 6) is 0.681. The van der Waals surface area contributed by atoms with E-state index in [4.69, 9.17) is 14.2 Å². The molecule has 0 bridgehead atoms. The summed E-state index contributed by atoms with van der Waals surface area (Å²) >= 11 is 0. The van der Waals surface area contributed by atoms with Crippen LogP contribution in [0.2, 0.25) is 0 Å². The van der Waals surface area contributed by atoms with Crippen LogP contribution in [0.15, 0.2) is 54.6 Å². The van der Waals surface area contributed by atoms with Gasteiger partial charge in [0.15, 0.2) is 5.78 Å². The summed E-state index contributed by atoms with van der Waals surface area (Å²) in [6.45, 7) is 7.09. The van der Waals surface area contributed by atoms with Gasteiger partial charge in [0.1, 0.15) is 22.9 Å². The highest BCUT2D eigenvalue weighted by Gasteiger charge is 2.25. The number of hydrogen-bond acceptors (Lipinski definition) is 5. The minimum Gasteiger partial charge on any atom is -0.493 e. The Morgan fingerprint density at radius 3 is 2.66 bits per heavy atom. The summed E-state index contributed by atoms with van der Waals surface area (Å²) < 4.78 is 33.1. The number of nitrogens with zero attached hydrogens (tertiary/aromatic N) is 2. The maximum absolute atomic E-state index is 14.6. The highest BCUT2D eigenvalue weighted by atomic mass is 19.1. The molecule has 2 aromatic carbocycles. The maximum atomic E-state index is 14.6. The SMILES string of the molecule is CC(=O)C(C)(C)OCc1cc(-c2cccc(OCC3COC3)c2)n(-c2ccccc2F)n1. The van der Waals surface area contributed by atoms with Crippen molar-refractivity contribution in [1.29, 1.82) is 0 Å². The molecule has 6 nitrogen and oxygen atoms in total. The van der Waals surface area contributed by atoms with Crippen LogP contribution in [0, 0.1) is 11.7 Å². The summed E-state index contributed by atoms with van der Waals surface area (Å²) in [7, 11) is 0. The van der Waals surface area contributed by atoms with Crippen LogP contribution in [0.25, 0.3) is 16.9 Å². The van der Waals surface area contributed by atoms with Gasteiger partial charge in [-0.05, 0) is 51.1 Å². The Hall–Kier alpha value is -3.03. The lowest BCUT2D eigenvalue weighted by molar-refractivity contribution is -0.139. The van der Waals surface area contributed by atoms with Gasteiger partial charge in [0.2, 0.25) is 0 Å². The van der Waals surface area contributed by atoms with Gasteiger partial charge in [-0.1, -0.05) is 24.3 Å². The summed E-state index contributed by atoms with van der Waals surface area (Å²) in [4.78, 5) is 11.8. The second-order valence-corrected chi connectivity index (χ2v) is 8.48. The number of carbonyl (C=O) groups excluding carboxylic acids is 1. The molecule has 0 unspecified atom stereocenters. The van der Waals surface area contributed by atoms with Crippen molar-refractivity contribution in [3.63, 3.8) is 0 Å². The zero-order valence-corrected chi connectivity index (χ0v) is 18.5. The number of Topliss-reactive ketones (excluding diaryl/α,β-unsaturated/α-hetero) is 1. The predicted octanol–water partition coefficient (Wildman–Crippen LogP) is 4.59. The highest BCUT2D eigenvalue weighted by molar-refractivity contribution is 5.83. The molecule has 1 aliphatic rings. The van der Waals surface area contributed by atoms with Crippen molar-refractivity contribution in [2.45, 2.75) is 33.0 Å². The highest BCUT2D eigenvalue weighted by Crippen LogP contribution is 2.29. The average molecular weight is 438 g/mol. The number of rotatable bonds is 9. The summed E-state index contributed by atoms with van der Waals surface area (Å²) in [5.41, 5.74) is 1.53. The molecule has 0 spiro atoms. The second kappa shape index (κ2) is 9.22. The largest absolute Gasteiger partial charge is 0.493 e. The van der Waals surface area contributed by atoms with Crippen molar-refractivity contribution in [3.8, 4) is 22.7 Å². The van der Waals surface area contributed by atoms with Gasteiger partial charge in [0.25, 0.3) is 0 Å². The molecule has 0 N–H and O–H groups in total. The second-order valence-electron chi connectivity index (χ2n) is 8.48. The molecule has 7 heteroatoms. The summed E-state index contributed by atoms with van der Waals surface area (Å²) in [5, 5.41) is 4.59. The standard InChI is InChI=1S/C25H27FN2O4/c1-17(29)25(2,3)32-16-20-12-24(28(27-20)23-10-5-4-9-22(23)26)19-7-6-8-21(11-19)31-15-18-13-30-14-18/h4-12,18H,13-16H2,1-3H3. The quantitative estimate of drug-likeness (QED) is 0.489. The molecule has 0 saturated carbocycles. The van der Waals surface area contributed by atoms with Gasteiger partial charge < -0.3 is 14.2 Å². The third-order valence-corrected chi connectivity index (χ3v) is 5.59. The first-order chi connectivity index (χ1) is 15.3. The molecule has 0 atom stereocenters. The van der Waals surface area contributed by atoms with E-state index in [1.54, 1.807) is 36.7 Å². The molecule has 1 fully saturated rings. The third kappa shape index (κ3) is 4.89. The lowest BCUT2D eigenvalue weighted by atomic mass is 10.1. The first-order valence-corrected chi connectivity index (χ1v) is 10.6. The lowest BCUT2D eigenvalue weighted by Crippen LogP contribution is -2.32. The van der Waals surface area contributed by atoms with Crippen molar-refractivity contribution < 1.29 is 23.4 Å². The normalized spacial score (nSPS) is 14.2. The van der Waals surface area contributed by atoms with Crippen LogP contribution < -0.4 is 4.74 Å². The van der Waals surface area contributed by atoms with E-state index < -0.39 is 5.60 Å². The number of para-hydroxylation sites is 1. The molecular formula is C25H27FN2O4. The Morgan fingerprint density at radius 2 is 1.97 bits per heavy atom. The fourth-order valence-electron chi connectivity index (χ4n) is 3.21. The number of hydrogen-bond donors (Lipinski definition) is 0. The molecule has 1 aromatic heterocycles. The minimum absolute atomic E-state index is 0.0760. The van der Waals surface area contributed by atoms with Crippen LogP contribution in [0.1, 0.15) is 26.5 Å². The Morgan fingerprint density at radius 1 is 1.19 bits per heavy atom. The summed E-state index contributed by atoms with van der Waals surface area (Å²) in [6.07, 6.45) is 0. The zero-order valence-electron chi connectivity index (χ0n) is 18.5. The molecule has 0 radical (unpaired) electrons. The maximum Gasteiger partial charge on any atom is 0.161 e. The number of ether oxygens (including phenoxy) is 3. The molecule has 0 aliphatic carbocycles. The molecule has 168 valence electrons. The number of halogens is 1. The van der Waals surface area contributed by atoms with Gasteiger partial charge in [-0.3, -0.25) is 4.79 Å².